The lowest BCUT2D eigenvalue weighted by Crippen LogP contribution is -2.25. The number of carbonyl (C=O) groups is 1. The molecule has 0 unspecified atom stereocenters. The summed E-state index contributed by atoms with van der Waals surface area (Å²) in [6.45, 7) is 0.461. The fraction of sp³-hybridized carbons (Fsp3) is 0.130. The maximum absolute atomic E-state index is 12.8. The molecule has 2 aromatic carbocycles. The van der Waals surface area contributed by atoms with Crippen LogP contribution in [0, 0.1) is 0 Å². The predicted molar refractivity (Wildman–Crippen MR) is 127 cm³/mol. The molecule has 2 aromatic heterocycles. The van der Waals surface area contributed by atoms with Crippen molar-refractivity contribution < 1.29 is 13.2 Å². The van der Waals surface area contributed by atoms with Crippen LogP contribution >= 0.6 is 11.6 Å². The van der Waals surface area contributed by atoms with E-state index in [0.717, 1.165) is 10.9 Å². The number of hydrogen-bond donors (Lipinski definition) is 2. The predicted octanol–water partition coefficient (Wildman–Crippen LogP) is 4.68. The quantitative estimate of drug-likeness (QED) is 0.456. The summed E-state index contributed by atoms with van der Waals surface area (Å²) in [5, 5.41) is 4.41. The highest BCUT2D eigenvalue weighted by Crippen LogP contribution is 2.33. The number of carbonyl (C=O) groups excluding carboxylic acids is 1. The summed E-state index contributed by atoms with van der Waals surface area (Å²) in [5.74, 6) is -0.153. The van der Waals surface area contributed by atoms with Gasteiger partial charge < -0.3 is 10.3 Å². The summed E-state index contributed by atoms with van der Waals surface area (Å²) in [4.78, 5) is 20.4. The van der Waals surface area contributed by atoms with Gasteiger partial charge in [0.1, 0.15) is 0 Å². The van der Waals surface area contributed by atoms with E-state index in [0.29, 0.717) is 46.2 Å². The number of hydrogen-bond acceptors (Lipinski definition) is 4. The maximum Gasteiger partial charge on any atom is 0.255 e. The standard InChI is InChI=1S/C23H19ClN4O3S/c24-20-7-4-17(14-19(20)22-21-15(8-10-25-21)9-11-26-22)27-23(29)16-2-5-18(6-3-16)28-12-1-13-32(28,30)31/h2-11,14,25H,1,12-13H2,(H,27,29). The third kappa shape index (κ3) is 3.72. The third-order valence-electron chi connectivity index (χ3n) is 5.47. The van der Waals surface area contributed by atoms with Gasteiger partial charge in [-0.2, -0.15) is 0 Å². The van der Waals surface area contributed by atoms with Crippen molar-refractivity contribution in [3.05, 3.63) is 77.6 Å². The molecule has 0 spiro atoms. The molecule has 4 aromatic rings. The first-order valence-corrected chi connectivity index (χ1v) is 12.0. The van der Waals surface area contributed by atoms with Gasteiger partial charge in [0.25, 0.3) is 5.91 Å². The van der Waals surface area contributed by atoms with Gasteiger partial charge in [-0.05, 0) is 61.0 Å². The van der Waals surface area contributed by atoms with Gasteiger partial charge in [0.15, 0.2) is 0 Å². The topological polar surface area (TPSA) is 95.2 Å². The van der Waals surface area contributed by atoms with E-state index in [1.54, 1.807) is 48.7 Å². The van der Waals surface area contributed by atoms with Crippen molar-refractivity contribution >= 4 is 49.8 Å². The van der Waals surface area contributed by atoms with E-state index in [-0.39, 0.29) is 11.7 Å². The molecule has 162 valence electrons. The van der Waals surface area contributed by atoms with Gasteiger partial charge >= 0.3 is 0 Å². The third-order valence-corrected chi connectivity index (χ3v) is 7.67. The van der Waals surface area contributed by atoms with Crippen LogP contribution in [0.25, 0.3) is 22.2 Å². The molecule has 1 saturated heterocycles. The molecule has 1 amide bonds. The minimum atomic E-state index is -3.26. The molecule has 5 rings (SSSR count). The van der Waals surface area contributed by atoms with E-state index in [1.807, 2.05) is 18.3 Å². The summed E-state index contributed by atoms with van der Waals surface area (Å²) in [6, 6.07) is 15.6. The van der Waals surface area contributed by atoms with Crippen molar-refractivity contribution in [2.45, 2.75) is 6.42 Å². The minimum absolute atomic E-state index is 0.152. The second-order valence-electron chi connectivity index (χ2n) is 7.54. The SMILES string of the molecule is O=C(Nc1ccc(Cl)c(-c2nccc3cc[nH]c23)c1)c1ccc(N2CCCS2(=O)=O)cc1. The number of sulfonamides is 1. The second-order valence-corrected chi connectivity index (χ2v) is 9.96. The summed E-state index contributed by atoms with van der Waals surface area (Å²) in [5.41, 5.74) is 3.83. The number of amides is 1. The molecular formula is C23H19ClN4O3S. The Morgan fingerprint density at radius 1 is 1.09 bits per heavy atom. The molecule has 0 aliphatic carbocycles. The van der Waals surface area contributed by atoms with E-state index in [1.165, 1.54) is 4.31 Å². The number of nitrogens with zero attached hydrogens (tertiary/aromatic N) is 2. The highest BCUT2D eigenvalue weighted by molar-refractivity contribution is 7.93. The molecule has 32 heavy (non-hydrogen) atoms. The molecule has 1 aliphatic heterocycles. The summed E-state index contributed by atoms with van der Waals surface area (Å²) in [6.07, 6.45) is 4.16. The van der Waals surface area contributed by atoms with Crippen molar-refractivity contribution in [2.24, 2.45) is 0 Å². The van der Waals surface area contributed by atoms with Crippen LogP contribution < -0.4 is 9.62 Å². The zero-order chi connectivity index (χ0) is 22.3. The maximum atomic E-state index is 12.8. The average Bonchev–Trinajstić information content (AvgIpc) is 3.41. The van der Waals surface area contributed by atoms with Crippen molar-refractivity contribution in [3.63, 3.8) is 0 Å². The van der Waals surface area contributed by atoms with Crippen LogP contribution in [0.1, 0.15) is 16.8 Å². The summed E-state index contributed by atoms with van der Waals surface area (Å²) in [7, 11) is -3.26. The lowest BCUT2D eigenvalue weighted by Gasteiger charge is -2.17. The Kier molecular flexibility index (Phi) is 5.11. The Hall–Kier alpha value is -3.36. The molecule has 0 atom stereocenters. The number of pyridine rings is 1. The number of aromatic amines is 1. The lowest BCUT2D eigenvalue weighted by atomic mass is 10.1. The summed E-state index contributed by atoms with van der Waals surface area (Å²) >= 11 is 6.43. The Balaban J connectivity index is 1.39. The van der Waals surface area contributed by atoms with Crippen LogP contribution in [-0.2, 0) is 10.0 Å². The van der Waals surface area contributed by atoms with Crippen molar-refractivity contribution in [2.75, 3.05) is 21.9 Å². The zero-order valence-electron chi connectivity index (χ0n) is 16.9. The Labute approximate surface area is 190 Å². The first-order valence-electron chi connectivity index (χ1n) is 10.1. The van der Waals surface area contributed by atoms with Gasteiger partial charge in [-0.3, -0.25) is 14.1 Å². The minimum Gasteiger partial charge on any atom is -0.359 e. The molecule has 9 heteroatoms. The van der Waals surface area contributed by atoms with Crippen LogP contribution in [0.3, 0.4) is 0 Å². The van der Waals surface area contributed by atoms with Gasteiger partial charge in [0, 0.05) is 41.1 Å². The number of nitrogens with one attached hydrogen (secondary N) is 2. The highest BCUT2D eigenvalue weighted by atomic mass is 35.5. The van der Waals surface area contributed by atoms with E-state index in [4.69, 9.17) is 11.6 Å². The molecule has 0 saturated carbocycles. The zero-order valence-corrected chi connectivity index (χ0v) is 18.4. The second kappa shape index (κ2) is 7.96. The normalized spacial score (nSPS) is 15.2. The monoisotopic (exact) mass is 466 g/mol. The van der Waals surface area contributed by atoms with Gasteiger partial charge in [0.05, 0.1) is 27.7 Å². The van der Waals surface area contributed by atoms with Crippen LogP contribution in [-0.4, -0.2) is 36.6 Å². The van der Waals surface area contributed by atoms with Gasteiger partial charge in [-0.1, -0.05) is 11.6 Å². The fourth-order valence-electron chi connectivity index (χ4n) is 3.88. The average molecular weight is 467 g/mol. The number of fused-ring (bicyclic) bond motifs is 1. The number of halogens is 1. The molecule has 7 nitrogen and oxygen atoms in total. The number of rotatable bonds is 4. The Bertz CT molecular complexity index is 1430. The smallest absolute Gasteiger partial charge is 0.255 e. The Morgan fingerprint density at radius 3 is 2.66 bits per heavy atom. The summed E-state index contributed by atoms with van der Waals surface area (Å²) < 4.78 is 25.6. The molecule has 1 aliphatic rings. The van der Waals surface area contributed by atoms with Crippen molar-refractivity contribution in [3.8, 4) is 11.3 Å². The van der Waals surface area contributed by atoms with Crippen LogP contribution in [0.5, 0.6) is 0 Å². The van der Waals surface area contributed by atoms with E-state index < -0.39 is 10.0 Å². The molecule has 0 bridgehead atoms. The molecule has 1 fully saturated rings. The number of anilines is 2. The van der Waals surface area contributed by atoms with E-state index in [9.17, 15) is 13.2 Å². The fourth-order valence-corrected chi connectivity index (χ4v) is 5.65. The van der Waals surface area contributed by atoms with Crippen LogP contribution in [0.2, 0.25) is 5.02 Å². The number of aromatic nitrogens is 2. The lowest BCUT2D eigenvalue weighted by molar-refractivity contribution is 0.102. The van der Waals surface area contributed by atoms with Crippen LogP contribution in [0.4, 0.5) is 11.4 Å². The number of H-pyrrole nitrogens is 1. The van der Waals surface area contributed by atoms with Crippen molar-refractivity contribution in [1.29, 1.82) is 0 Å². The Morgan fingerprint density at radius 2 is 1.91 bits per heavy atom. The molecule has 2 N–H and O–H groups in total. The first-order chi connectivity index (χ1) is 15.4. The van der Waals surface area contributed by atoms with Crippen LogP contribution in [0.15, 0.2) is 67.0 Å². The van der Waals surface area contributed by atoms with Gasteiger partial charge in [-0.15, -0.1) is 0 Å². The largest absolute Gasteiger partial charge is 0.359 e. The number of benzene rings is 2. The van der Waals surface area contributed by atoms with E-state index in [2.05, 4.69) is 15.3 Å². The van der Waals surface area contributed by atoms with Gasteiger partial charge in [0.2, 0.25) is 10.0 Å². The van der Waals surface area contributed by atoms with Gasteiger partial charge in [-0.25, -0.2) is 8.42 Å². The molecule has 0 radical (unpaired) electrons. The first kappa shape index (κ1) is 20.5. The van der Waals surface area contributed by atoms with E-state index >= 15 is 0 Å². The highest BCUT2D eigenvalue weighted by Gasteiger charge is 2.28. The molecule has 3 heterocycles. The van der Waals surface area contributed by atoms with Crippen molar-refractivity contribution in [1.82, 2.24) is 9.97 Å². The molecular weight excluding hydrogens is 448 g/mol.